The van der Waals surface area contributed by atoms with E-state index in [1.54, 1.807) is 12.1 Å². The molecule has 3 rings (SSSR count). The van der Waals surface area contributed by atoms with Gasteiger partial charge in [-0.05, 0) is 25.0 Å². The molecule has 0 radical (unpaired) electrons. The van der Waals surface area contributed by atoms with E-state index in [4.69, 9.17) is 15.2 Å². The fourth-order valence-electron chi connectivity index (χ4n) is 4.04. The summed E-state index contributed by atoms with van der Waals surface area (Å²) >= 11 is 0. The molecule has 2 aromatic rings. The third-order valence-corrected chi connectivity index (χ3v) is 5.62. The first-order valence-electron chi connectivity index (χ1n) is 10.1. The molecule has 0 aliphatic heterocycles. The van der Waals surface area contributed by atoms with Gasteiger partial charge in [0, 0.05) is 42.3 Å². The summed E-state index contributed by atoms with van der Waals surface area (Å²) in [5, 5.41) is 30.4. The second-order valence-corrected chi connectivity index (χ2v) is 7.59. The van der Waals surface area contributed by atoms with Crippen molar-refractivity contribution in [2.45, 2.75) is 44.1 Å². The highest BCUT2D eigenvalue weighted by atomic mass is 16.5. The van der Waals surface area contributed by atoms with Crippen molar-refractivity contribution < 1.29 is 24.5 Å². The molecule has 2 amide bonds. The van der Waals surface area contributed by atoms with Crippen LogP contribution in [0.4, 0.5) is 4.79 Å². The first-order chi connectivity index (χ1) is 14.9. The lowest BCUT2D eigenvalue weighted by Gasteiger charge is -2.23. The maximum absolute atomic E-state index is 11.3. The van der Waals surface area contributed by atoms with Gasteiger partial charge in [-0.15, -0.1) is 0 Å². The number of primary amides is 1. The van der Waals surface area contributed by atoms with E-state index in [0.717, 1.165) is 11.1 Å². The normalized spacial score (nSPS) is 20.4. The summed E-state index contributed by atoms with van der Waals surface area (Å²) < 4.78 is 10.3. The molecule has 31 heavy (non-hydrogen) atoms. The number of phenols is 2. The van der Waals surface area contributed by atoms with Crippen molar-refractivity contribution in [3.05, 3.63) is 47.5 Å². The van der Waals surface area contributed by atoms with Crippen LogP contribution in [-0.4, -0.2) is 48.6 Å². The van der Waals surface area contributed by atoms with Crippen LogP contribution in [0.15, 0.2) is 36.4 Å². The van der Waals surface area contributed by atoms with Crippen molar-refractivity contribution in [1.29, 1.82) is 0 Å². The lowest BCUT2D eigenvalue weighted by Crippen LogP contribution is -2.43. The number of rotatable bonds is 9. The zero-order chi connectivity index (χ0) is 22.4. The Balaban J connectivity index is 1.68. The number of aromatic hydroxyl groups is 2. The van der Waals surface area contributed by atoms with Gasteiger partial charge in [-0.2, -0.15) is 0 Å². The fourth-order valence-corrected chi connectivity index (χ4v) is 4.04. The van der Waals surface area contributed by atoms with E-state index in [-0.39, 0.29) is 29.6 Å². The molecule has 0 aromatic heterocycles. The fraction of sp³-hybridized carbons (Fsp3) is 0.409. The number of amides is 2. The van der Waals surface area contributed by atoms with E-state index in [1.807, 2.05) is 24.3 Å². The zero-order valence-corrected chi connectivity index (χ0v) is 17.7. The largest absolute Gasteiger partial charge is 0.504 e. The smallest absolute Gasteiger partial charge is 0.312 e. The molecular formula is C22H30N4O5. The molecule has 9 heteroatoms. The van der Waals surface area contributed by atoms with Crippen LogP contribution in [-0.2, 0) is 13.1 Å². The summed E-state index contributed by atoms with van der Waals surface area (Å²) in [6, 6.07) is 10.1. The van der Waals surface area contributed by atoms with Gasteiger partial charge in [-0.3, -0.25) is 0 Å². The second kappa shape index (κ2) is 10.2. The molecule has 1 aliphatic rings. The van der Waals surface area contributed by atoms with Crippen LogP contribution in [0.5, 0.6) is 23.0 Å². The maximum atomic E-state index is 11.3. The van der Waals surface area contributed by atoms with Crippen LogP contribution in [0, 0.1) is 0 Å². The molecule has 0 heterocycles. The van der Waals surface area contributed by atoms with Crippen LogP contribution in [0.25, 0.3) is 0 Å². The number of hydrogen-bond acceptors (Lipinski definition) is 7. The number of nitrogens with two attached hydrogens (primary N) is 1. The first-order valence-corrected chi connectivity index (χ1v) is 10.1. The number of benzene rings is 2. The first kappa shape index (κ1) is 22.5. The number of nitrogens with one attached hydrogen (secondary N) is 3. The molecule has 0 bridgehead atoms. The van der Waals surface area contributed by atoms with E-state index in [0.29, 0.717) is 37.4 Å². The van der Waals surface area contributed by atoms with Gasteiger partial charge in [0.05, 0.1) is 14.2 Å². The Hall–Kier alpha value is -3.17. The highest BCUT2D eigenvalue weighted by Gasteiger charge is 2.34. The minimum Gasteiger partial charge on any atom is -0.504 e. The summed E-state index contributed by atoms with van der Waals surface area (Å²) in [7, 11) is 3.02. The Labute approximate surface area is 181 Å². The highest BCUT2D eigenvalue weighted by molar-refractivity contribution is 5.72. The molecule has 1 saturated carbocycles. The third kappa shape index (κ3) is 5.50. The predicted octanol–water partition coefficient (Wildman–Crippen LogP) is 1.56. The van der Waals surface area contributed by atoms with E-state index >= 15 is 0 Å². The molecule has 168 valence electrons. The number of carbonyl (C=O) groups is 1. The van der Waals surface area contributed by atoms with Gasteiger partial charge < -0.3 is 41.4 Å². The molecular weight excluding hydrogens is 400 g/mol. The van der Waals surface area contributed by atoms with E-state index in [2.05, 4.69) is 16.0 Å². The average Bonchev–Trinajstić information content (AvgIpc) is 3.13. The Bertz CT molecular complexity index is 842. The monoisotopic (exact) mass is 430 g/mol. The van der Waals surface area contributed by atoms with Crippen LogP contribution in [0.1, 0.15) is 24.0 Å². The van der Waals surface area contributed by atoms with Gasteiger partial charge in [-0.1, -0.05) is 24.3 Å². The molecule has 1 aliphatic carbocycles. The van der Waals surface area contributed by atoms with Gasteiger partial charge in [0.15, 0.2) is 23.0 Å². The lowest BCUT2D eigenvalue weighted by molar-refractivity contribution is 0.245. The number of carbonyl (C=O) groups excluding carboxylic acids is 1. The molecule has 0 spiro atoms. The number of phenolic OH excluding ortho intramolecular Hbond substituents is 2. The van der Waals surface area contributed by atoms with Gasteiger partial charge in [0.1, 0.15) is 0 Å². The van der Waals surface area contributed by atoms with E-state index in [9.17, 15) is 15.0 Å². The SMILES string of the molecule is COc1cccc(CNC2CC(NC(N)=O)CC2NCc2cccc(OC)c2O)c1O. The van der Waals surface area contributed by atoms with Crippen molar-refractivity contribution in [3.8, 4) is 23.0 Å². The minimum absolute atomic E-state index is 0.00945. The van der Waals surface area contributed by atoms with Crippen molar-refractivity contribution in [2.75, 3.05) is 14.2 Å². The predicted molar refractivity (Wildman–Crippen MR) is 116 cm³/mol. The third-order valence-electron chi connectivity index (χ3n) is 5.62. The Morgan fingerprint density at radius 2 is 1.39 bits per heavy atom. The van der Waals surface area contributed by atoms with Crippen LogP contribution in [0.2, 0.25) is 0 Å². The van der Waals surface area contributed by atoms with Gasteiger partial charge >= 0.3 is 6.03 Å². The molecule has 2 unspecified atom stereocenters. The average molecular weight is 431 g/mol. The molecule has 9 nitrogen and oxygen atoms in total. The van der Waals surface area contributed by atoms with Crippen molar-refractivity contribution >= 4 is 6.03 Å². The number of ether oxygens (including phenoxy) is 2. The Morgan fingerprint density at radius 3 is 1.77 bits per heavy atom. The summed E-state index contributed by atoms with van der Waals surface area (Å²) in [6.07, 6.45) is 1.35. The Morgan fingerprint density at radius 1 is 0.935 bits per heavy atom. The van der Waals surface area contributed by atoms with Gasteiger partial charge in [0.25, 0.3) is 0 Å². The summed E-state index contributed by atoms with van der Waals surface area (Å²) in [5.41, 5.74) is 6.75. The Kier molecular flexibility index (Phi) is 7.43. The number of para-hydroxylation sites is 2. The van der Waals surface area contributed by atoms with Gasteiger partial charge in [-0.25, -0.2) is 4.79 Å². The van der Waals surface area contributed by atoms with E-state index in [1.165, 1.54) is 14.2 Å². The van der Waals surface area contributed by atoms with Crippen molar-refractivity contribution in [1.82, 2.24) is 16.0 Å². The van der Waals surface area contributed by atoms with Crippen molar-refractivity contribution in [3.63, 3.8) is 0 Å². The summed E-state index contributed by atoms with van der Waals surface area (Å²) in [6.45, 7) is 0.860. The van der Waals surface area contributed by atoms with Gasteiger partial charge in [0.2, 0.25) is 0 Å². The minimum atomic E-state index is -0.555. The quantitative estimate of drug-likeness (QED) is 0.355. The summed E-state index contributed by atoms with van der Waals surface area (Å²) in [4.78, 5) is 11.3. The van der Waals surface area contributed by atoms with Crippen LogP contribution < -0.4 is 31.2 Å². The molecule has 0 saturated heterocycles. The number of hydrogen-bond donors (Lipinski definition) is 6. The number of urea groups is 1. The zero-order valence-electron chi connectivity index (χ0n) is 17.7. The topological polar surface area (TPSA) is 138 Å². The standard InChI is InChI=1S/C22H30N4O5/c1-30-18-7-3-5-13(20(18)27)11-24-16-9-15(26-22(23)29)10-17(16)25-12-14-6-4-8-19(31-2)21(14)28/h3-8,15-17,24-25,27-28H,9-12H2,1-2H3,(H3,23,26,29). The summed E-state index contributed by atoms with van der Waals surface area (Å²) in [5.74, 6) is 1.05. The number of methoxy groups -OCH3 is 2. The highest BCUT2D eigenvalue weighted by Crippen LogP contribution is 2.31. The molecule has 2 atom stereocenters. The second-order valence-electron chi connectivity index (χ2n) is 7.59. The maximum Gasteiger partial charge on any atom is 0.312 e. The van der Waals surface area contributed by atoms with E-state index < -0.39 is 6.03 Å². The van der Waals surface area contributed by atoms with Crippen LogP contribution in [0.3, 0.4) is 0 Å². The lowest BCUT2D eigenvalue weighted by atomic mass is 10.1. The van der Waals surface area contributed by atoms with Crippen molar-refractivity contribution in [2.24, 2.45) is 5.73 Å². The molecule has 7 N–H and O–H groups in total. The van der Waals surface area contributed by atoms with Crippen LogP contribution >= 0.6 is 0 Å². The molecule has 1 fully saturated rings. The molecule has 2 aromatic carbocycles.